The highest BCUT2D eigenvalue weighted by molar-refractivity contribution is 5.36. The molecule has 3 heteroatoms. The second kappa shape index (κ2) is 8.40. The van der Waals surface area contributed by atoms with Crippen LogP contribution >= 0.6 is 0 Å². The third-order valence-corrected chi connectivity index (χ3v) is 4.57. The highest BCUT2D eigenvalue weighted by Gasteiger charge is 2.23. The van der Waals surface area contributed by atoms with Crippen molar-refractivity contribution in [3.8, 4) is 5.75 Å². The van der Waals surface area contributed by atoms with Crippen LogP contribution in [0.5, 0.6) is 5.75 Å². The lowest BCUT2D eigenvalue weighted by molar-refractivity contribution is 0.171. The van der Waals surface area contributed by atoms with E-state index in [1.54, 1.807) is 0 Å². The molecule has 0 heterocycles. The van der Waals surface area contributed by atoms with Crippen molar-refractivity contribution < 1.29 is 4.74 Å². The van der Waals surface area contributed by atoms with Crippen molar-refractivity contribution in [1.29, 1.82) is 0 Å². The Bertz CT molecular complexity index is 417. The maximum absolute atomic E-state index is 5.79. The van der Waals surface area contributed by atoms with Gasteiger partial charge < -0.3 is 15.0 Å². The van der Waals surface area contributed by atoms with Crippen molar-refractivity contribution in [2.45, 2.75) is 39.2 Å². The summed E-state index contributed by atoms with van der Waals surface area (Å²) in [6.45, 7) is 8.43. The van der Waals surface area contributed by atoms with Crippen LogP contribution in [-0.2, 0) is 0 Å². The maximum atomic E-state index is 5.79. The molecule has 0 amide bonds. The molecule has 1 aliphatic rings. The van der Waals surface area contributed by atoms with Crippen LogP contribution in [0.1, 0.15) is 44.7 Å². The number of hydrogen-bond donors (Lipinski definition) is 1. The van der Waals surface area contributed by atoms with Gasteiger partial charge in [0.2, 0.25) is 0 Å². The summed E-state index contributed by atoms with van der Waals surface area (Å²) in [6, 6.07) is 8.74. The normalized spacial score (nSPS) is 16.8. The number of benzene rings is 1. The zero-order valence-electron chi connectivity index (χ0n) is 13.8. The molecule has 1 saturated carbocycles. The first kappa shape index (κ1) is 16.3. The van der Waals surface area contributed by atoms with Crippen molar-refractivity contribution >= 4 is 0 Å². The lowest BCUT2D eigenvalue weighted by atomic mass is 9.85. The number of ether oxygens (including phenoxy) is 1. The summed E-state index contributed by atoms with van der Waals surface area (Å²) < 4.78 is 5.79. The topological polar surface area (TPSA) is 24.5 Å². The maximum Gasteiger partial charge on any atom is 0.124 e. The summed E-state index contributed by atoms with van der Waals surface area (Å²) in [5.74, 6) is 1.93. The zero-order chi connectivity index (χ0) is 15.1. The van der Waals surface area contributed by atoms with E-state index >= 15 is 0 Å². The van der Waals surface area contributed by atoms with Crippen LogP contribution in [0, 0.1) is 5.92 Å². The van der Waals surface area contributed by atoms with Crippen LogP contribution < -0.4 is 10.1 Å². The van der Waals surface area contributed by atoms with Crippen molar-refractivity contribution in [2.24, 2.45) is 5.92 Å². The molecule has 1 N–H and O–H groups in total. The van der Waals surface area contributed by atoms with Crippen LogP contribution in [0.4, 0.5) is 0 Å². The number of nitrogens with zero attached hydrogens (tertiary/aromatic N) is 1. The van der Waals surface area contributed by atoms with Crippen LogP contribution in [-0.4, -0.2) is 38.2 Å². The Labute approximate surface area is 129 Å². The Kier molecular flexibility index (Phi) is 6.52. The average Bonchev–Trinajstić information content (AvgIpc) is 2.47. The number of likely N-dealkylation sites (N-methyl/N-ethyl adjacent to an activating group) is 2. The number of para-hydroxylation sites is 1. The molecule has 1 aromatic rings. The largest absolute Gasteiger partial charge is 0.494 e. The molecule has 0 aromatic heterocycles. The first-order valence-corrected chi connectivity index (χ1v) is 8.39. The standard InChI is InChI=1S/C18H30N2O/c1-4-20(13-15-9-8-10-15)14-17(19-3)16-11-6-7-12-18(16)21-5-2/h6-7,11-12,15,17,19H,4-5,8-10,13-14H2,1-3H3. The van der Waals surface area contributed by atoms with E-state index in [0.717, 1.165) is 24.8 Å². The molecule has 0 saturated heterocycles. The molecular formula is C18H30N2O. The summed E-state index contributed by atoms with van der Waals surface area (Å²) in [7, 11) is 2.05. The van der Waals surface area contributed by atoms with Crippen molar-refractivity contribution in [3.05, 3.63) is 29.8 Å². The van der Waals surface area contributed by atoms with Gasteiger partial charge in [0.05, 0.1) is 6.61 Å². The minimum absolute atomic E-state index is 0.327. The van der Waals surface area contributed by atoms with E-state index in [1.807, 2.05) is 20.0 Å². The Morgan fingerprint density at radius 2 is 2.05 bits per heavy atom. The van der Waals surface area contributed by atoms with Gasteiger partial charge in [-0.05, 0) is 45.3 Å². The molecule has 0 aliphatic heterocycles. The van der Waals surface area contributed by atoms with E-state index in [2.05, 4.69) is 35.3 Å². The van der Waals surface area contributed by atoms with Gasteiger partial charge in [0.1, 0.15) is 5.75 Å². The summed E-state index contributed by atoms with van der Waals surface area (Å²) in [5.41, 5.74) is 1.27. The lowest BCUT2D eigenvalue weighted by Gasteiger charge is -2.34. The fraction of sp³-hybridized carbons (Fsp3) is 0.667. The molecule has 2 rings (SSSR count). The van der Waals surface area contributed by atoms with E-state index in [4.69, 9.17) is 4.74 Å². The molecule has 3 nitrogen and oxygen atoms in total. The van der Waals surface area contributed by atoms with E-state index in [0.29, 0.717) is 12.6 Å². The second-order valence-electron chi connectivity index (χ2n) is 5.96. The molecule has 1 atom stereocenters. The highest BCUT2D eigenvalue weighted by atomic mass is 16.5. The molecule has 0 spiro atoms. The molecule has 1 unspecified atom stereocenters. The average molecular weight is 290 g/mol. The number of hydrogen-bond acceptors (Lipinski definition) is 3. The van der Waals surface area contributed by atoms with Gasteiger partial charge in [-0.3, -0.25) is 0 Å². The Balaban J connectivity index is 2.03. The quantitative estimate of drug-likeness (QED) is 0.753. The molecule has 1 aromatic carbocycles. The molecule has 1 fully saturated rings. The lowest BCUT2D eigenvalue weighted by Crippen LogP contribution is -2.38. The van der Waals surface area contributed by atoms with Gasteiger partial charge in [0, 0.05) is 24.7 Å². The number of rotatable bonds is 9. The zero-order valence-corrected chi connectivity index (χ0v) is 13.8. The summed E-state index contributed by atoms with van der Waals surface area (Å²) >= 11 is 0. The molecule has 0 bridgehead atoms. The van der Waals surface area contributed by atoms with Crippen LogP contribution in [0.3, 0.4) is 0 Å². The predicted octanol–water partition coefficient (Wildman–Crippen LogP) is 3.47. The fourth-order valence-electron chi connectivity index (χ4n) is 3.03. The first-order chi connectivity index (χ1) is 10.3. The van der Waals surface area contributed by atoms with E-state index in [1.165, 1.54) is 31.4 Å². The van der Waals surface area contributed by atoms with Crippen molar-refractivity contribution in [1.82, 2.24) is 10.2 Å². The molecule has 0 radical (unpaired) electrons. The number of nitrogens with one attached hydrogen (secondary N) is 1. The third kappa shape index (κ3) is 4.45. The SMILES string of the molecule is CCOc1ccccc1C(CN(CC)CC1CCC1)NC. The van der Waals surface area contributed by atoms with Crippen LogP contribution in [0.25, 0.3) is 0 Å². The Hall–Kier alpha value is -1.06. The molecular weight excluding hydrogens is 260 g/mol. The van der Waals surface area contributed by atoms with E-state index in [9.17, 15) is 0 Å². The van der Waals surface area contributed by atoms with Gasteiger partial charge in [-0.1, -0.05) is 31.5 Å². The minimum atomic E-state index is 0.327. The van der Waals surface area contributed by atoms with Gasteiger partial charge in [0.15, 0.2) is 0 Å². The summed E-state index contributed by atoms with van der Waals surface area (Å²) in [6.07, 6.45) is 4.25. The monoisotopic (exact) mass is 290 g/mol. The van der Waals surface area contributed by atoms with Gasteiger partial charge >= 0.3 is 0 Å². The molecule has 118 valence electrons. The first-order valence-electron chi connectivity index (χ1n) is 8.39. The van der Waals surface area contributed by atoms with Crippen molar-refractivity contribution in [3.63, 3.8) is 0 Å². The molecule has 1 aliphatic carbocycles. The second-order valence-corrected chi connectivity index (χ2v) is 5.96. The van der Waals surface area contributed by atoms with Crippen LogP contribution in [0.2, 0.25) is 0 Å². The Morgan fingerprint density at radius 1 is 1.29 bits per heavy atom. The fourth-order valence-corrected chi connectivity index (χ4v) is 3.03. The van der Waals surface area contributed by atoms with Gasteiger partial charge in [0.25, 0.3) is 0 Å². The predicted molar refractivity (Wildman–Crippen MR) is 88.9 cm³/mol. The van der Waals surface area contributed by atoms with E-state index in [-0.39, 0.29) is 0 Å². The van der Waals surface area contributed by atoms with Crippen molar-refractivity contribution in [2.75, 3.05) is 33.3 Å². The highest BCUT2D eigenvalue weighted by Crippen LogP contribution is 2.29. The van der Waals surface area contributed by atoms with Gasteiger partial charge in [-0.15, -0.1) is 0 Å². The summed E-state index contributed by atoms with van der Waals surface area (Å²) in [5, 5.41) is 3.47. The summed E-state index contributed by atoms with van der Waals surface area (Å²) in [4.78, 5) is 2.58. The minimum Gasteiger partial charge on any atom is -0.494 e. The van der Waals surface area contributed by atoms with Gasteiger partial charge in [-0.2, -0.15) is 0 Å². The third-order valence-electron chi connectivity index (χ3n) is 4.57. The molecule has 21 heavy (non-hydrogen) atoms. The van der Waals surface area contributed by atoms with Gasteiger partial charge in [-0.25, -0.2) is 0 Å². The Morgan fingerprint density at radius 3 is 2.62 bits per heavy atom. The smallest absolute Gasteiger partial charge is 0.124 e. The van der Waals surface area contributed by atoms with E-state index < -0.39 is 0 Å². The van der Waals surface area contributed by atoms with Crippen LogP contribution in [0.15, 0.2) is 24.3 Å².